The standard InChI is InChI=1S/C23H36O3/c1-22(2,3)18-13-12-16(19(14-18)23(4,5)6)10-11-17-8-7-9-20(17)26-15-21(24)25/h12-14,17,20H,7-11,15H2,1-6H3,(H,24,25). The highest BCUT2D eigenvalue weighted by Crippen LogP contribution is 2.35. The number of aliphatic carboxylic acids is 1. The molecule has 1 aliphatic rings. The van der Waals surface area contributed by atoms with Crippen molar-refractivity contribution in [1.82, 2.24) is 0 Å². The highest BCUT2D eigenvalue weighted by atomic mass is 16.5. The molecule has 1 saturated carbocycles. The van der Waals surface area contributed by atoms with Gasteiger partial charge in [0.25, 0.3) is 0 Å². The Kier molecular flexibility index (Phi) is 6.55. The molecule has 2 unspecified atom stereocenters. The van der Waals surface area contributed by atoms with Gasteiger partial charge in [-0.25, -0.2) is 4.79 Å². The second-order valence-corrected chi connectivity index (χ2v) is 9.84. The minimum Gasteiger partial charge on any atom is -0.480 e. The maximum absolute atomic E-state index is 10.8. The molecule has 0 bridgehead atoms. The zero-order chi connectivity index (χ0) is 19.5. The molecule has 1 N–H and O–H groups in total. The molecule has 0 saturated heterocycles. The van der Waals surface area contributed by atoms with Crippen molar-refractivity contribution in [2.75, 3.05) is 6.61 Å². The fourth-order valence-electron chi connectivity index (χ4n) is 4.03. The Morgan fingerprint density at radius 1 is 1.12 bits per heavy atom. The zero-order valence-corrected chi connectivity index (χ0v) is 17.4. The second-order valence-electron chi connectivity index (χ2n) is 9.84. The van der Waals surface area contributed by atoms with Crippen molar-refractivity contribution in [1.29, 1.82) is 0 Å². The lowest BCUT2D eigenvalue weighted by atomic mass is 9.77. The van der Waals surface area contributed by atoms with Crippen LogP contribution in [-0.2, 0) is 26.8 Å². The predicted molar refractivity (Wildman–Crippen MR) is 107 cm³/mol. The van der Waals surface area contributed by atoms with E-state index in [4.69, 9.17) is 9.84 Å². The van der Waals surface area contributed by atoms with Gasteiger partial charge in [-0.3, -0.25) is 0 Å². The molecule has 0 aromatic heterocycles. The van der Waals surface area contributed by atoms with Gasteiger partial charge in [0.05, 0.1) is 6.10 Å². The molecule has 3 nitrogen and oxygen atoms in total. The Morgan fingerprint density at radius 2 is 1.81 bits per heavy atom. The summed E-state index contributed by atoms with van der Waals surface area (Å²) in [5, 5.41) is 8.86. The third-order valence-electron chi connectivity index (χ3n) is 5.58. The van der Waals surface area contributed by atoms with Crippen LogP contribution in [0.5, 0.6) is 0 Å². The second kappa shape index (κ2) is 8.12. The molecule has 1 aromatic rings. The number of ether oxygens (including phenoxy) is 1. The molecule has 2 rings (SSSR count). The van der Waals surface area contributed by atoms with Crippen LogP contribution in [0, 0.1) is 5.92 Å². The first-order valence-electron chi connectivity index (χ1n) is 9.96. The molecule has 1 aromatic carbocycles. The van der Waals surface area contributed by atoms with Gasteiger partial charge in [0.15, 0.2) is 0 Å². The highest BCUT2D eigenvalue weighted by molar-refractivity contribution is 5.68. The Labute approximate surface area is 159 Å². The third-order valence-corrected chi connectivity index (χ3v) is 5.58. The van der Waals surface area contributed by atoms with E-state index in [1.165, 1.54) is 16.7 Å². The third kappa shape index (κ3) is 5.57. The van der Waals surface area contributed by atoms with Crippen molar-refractivity contribution < 1.29 is 14.6 Å². The molecule has 26 heavy (non-hydrogen) atoms. The Hall–Kier alpha value is -1.35. The molecule has 1 fully saturated rings. The molecular weight excluding hydrogens is 324 g/mol. The number of rotatable bonds is 6. The van der Waals surface area contributed by atoms with Crippen molar-refractivity contribution in [3.05, 3.63) is 34.9 Å². The monoisotopic (exact) mass is 360 g/mol. The fourth-order valence-corrected chi connectivity index (χ4v) is 4.03. The number of carboxylic acid groups (broad SMARTS) is 1. The first-order chi connectivity index (χ1) is 12.0. The first-order valence-corrected chi connectivity index (χ1v) is 9.96. The van der Waals surface area contributed by atoms with E-state index in [2.05, 4.69) is 59.7 Å². The van der Waals surface area contributed by atoms with Crippen LogP contribution in [0.3, 0.4) is 0 Å². The lowest BCUT2D eigenvalue weighted by molar-refractivity contribution is -0.145. The van der Waals surface area contributed by atoms with Crippen LogP contribution in [0.25, 0.3) is 0 Å². The SMILES string of the molecule is CC(C)(C)c1ccc(CCC2CCCC2OCC(=O)O)c(C(C)(C)C)c1. The molecule has 1 aliphatic carbocycles. The van der Waals surface area contributed by atoms with Gasteiger partial charge in [0.2, 0.25) is 0 Å². The smallest absolute Gasteiger partial charge is 0.329 e. The summed E-state index contributed by atoms with van der Waals surface area (Å²) in [5.41, 5.74) is 4.51. The zero-order valence-electron chi connectivity index (χ0n) is 17.4. The number of benzene rings is 1. The van der Waals surface area contributed by atoms with Crippen LogP contribution < -0.4 is 0 Å². The molecule has 0 amide bonds. The van der Waals surface area contributed by atoms with Crippen LogP contribution >= 0.6 is 0 Å². The van der Waals surface area contributed by atoms with Gasteiger partial charge in [-0.1, -0.05) is 66.2 Å². The van der Waals surface area contributed by atoms with Crippen molar-refractivity contribution in [3.63, 3.8) is 0 Å². The minimum atomic E-state index is -0.872. The van der Waals surface area contributed by atoms with E-state index in [1.807, 2.05) is 0 Å². The molecule has 146 valence electrons. The quantitative estimate of drug-likeness (QED) is 0.730. The van der Waals surface area contributed by atoms with E-state index in [0.717, 1.165) is 32.1 Å². The molecule has 3 heteroatoms. The van der Waals surface area contributed by atoms with Crippen LogP contribution in [0.1, 0.15) is 83.9 Å². The van der Waals surface area contributed by atoms with Gasteiger partial charge in [-0.05, 0) is 59.1 Å². The van der Waals surface area contributed by atoms with E-state index < -0.39 is 5.97 Å². The number of hydrogen-bond donors (Lipinski definition) is 1. The summed E-state index contributed by atoms with van der Waals surface area (Å²) in [4.78, 5) is 10.8. The summed E-state index contributed by atoms with van der Waals surface area (Å²) in [6.07, 6.45) is 5.50. The lowest BCUT2D eigenvalue weighted by Gasteiger charge is -2.28. The van der Waals surface area contributed by atoms with E-state index in [9.17, 15) is 4.79 Å². The summed E-state index contributed by atoms with van der Waals surface area (Å²) < 4.78 is 5.63. The number of aryl methyl sites for hydroxylation is 1. The van der Waals surface area contributed by atoms with Crippen molar-refractivity contribution in [2.45, 2.75) is 90.6 Å². The number of carboxylic acids is 1. The topological polar surface area (TPSA) is 46.5 Å². The van der Waals surface area contributed by atoms with Crippen molar-refractivity contribution >= 4 is 5.97 Å². The van der Waals surface area contributed by atoms with Crippen LogP contribution in [0.15, 0.2) is 18.2 Å². The molecule has 0 radical (unpaired) electrons. The predicted octanol–water partition coefficient (Wildman–Crippen LogP) is 5.48. The lowest BCUT2D eigenvalue weighted by Crippen LogP contribution is -2.23. The van der Waals surface area contributed by atoms with Gasteiger partial charge < -0.3 is 9.84 Å². The Balaban J connectivity index is 2.12. The van der Waals surface area contributed by atoms with E-state index >= 15 is 0 Å². The van der Waals surface area contributed by atoms with Crippen LogP contribution in [0.4, 0.5) is 0 Å². The normalized spacial score (nSPS) is 21.2. The molecule has 0 aliphatic heterocycles. The Bertz CT molecular complexity index is 619. The molecular formula is C23H36O3. The van der Waals surface area contributed by atoms with E-state index in [-0.39, 0.29) is 23.5 Å². The summed E-state index contributed by atoms with van der Waals surface area (Å²) in [5.74, 6) is -0.395. The van der Waals surface area contributed by atoms with Crippen molar-refractivity contribution in [2.24, 2.45) is 5.92 Å². The van der Waals surface area contributed by atoms with E-state index in [0.29, 0.717) is 5.92 Å². The Morgan fingerprint density at radius 3 is 2.38 bits per heavy atom. The average molecular weight is 361 g/mol. The van der Waals surface area contributed by atoms with E-state index in [1.54, 1.807) is 0 Å². The van der Waals surface area contributed by atoms with Crippen molar-refractivity contribution in [3.8, 4) is 0 Å². The van der Waals surface area contributed by atoms with Gasteiger partial charge >= 0.3 is 5.97 Å². The fraction of sp³-hybridized carbons (Fsp3) is 0.696. The maximum Gasteiger partial charge on any atom is 0.329 e. The highest BCUT2D eigenvalue weighted by Gasteiger charge is 2.29. The summed E-state index contributed by atoms with van der Waals surface area (Å²) in [7, 11) is 0. The van der Waals surface area contributed by atoms with Crippen LogP contribution in [0.2, 0.25) is 0 Å². The minimum absolute atomic E-state index is 0.109. The van der Waals surface area contributed by atoms with Gasteiger partial charge in [0, 0.05) is 0 Å². The van der Waals surface area contributed by atoms with Crippen LogP contribution in [-0.4, -0.2) is 23.8 Å². The first kappa shape index (κ1) is 21.0. The van der Waals surface area contributed by atoms with Gasteiger partial charge in [-0.15, -0.1) is 0 Å². The average Bonchev–Trinajstić information content (AvgIpc) is 2.96. The molecule has 0 spiro atoms. The molecule has 0 heterocycles. The van der Waals surface area contributed by atoms with Gasteiger partial charge in [-0.2, -0.15) is 0 Å². The summed E-state index contributed by atoms with van der Waals surface area (Å²) in [6.45, 7) is 13.5. The molecule has 2 atom stereocenters. The summed E-state index contributed by atoms with van der Waals surface area (Å²) in [6, 6.07) is 6.98. The van der Waals surface area contributed by atoms with Gasteiger partial charge in [0.1, 0.15) is 6.61 Å². The maximum atomic E-state index is 10.8. The largest absolute Gasteiger partial charge is 0.480 e. The summed E-state index contributed by atoms with van der Waals surface area (Å²) >= 11 is 0. The number of hydrogen-bond acceptors (Lipinski definition) is 2. The number of carbonyl (C=O) groups is 1.